The minimum absolute atomic E-state index is 0.0259. The average molecular weight is 530 g/mol. The van der Waals surface area contributed by atoms with Crippen molar-refractivity contribution in [2.45, 2.75) is 37.7 Å². The van der Waals surface area contributed by atoms with E-state index in [1.54, 1.807) is 37.3 Å². The SMILES string of the molecule is CC(CC(=O)O)N[C@@H]1COc2cc(-c3noc(-c4onc(-c5ccccc5)c4C(F)(F)F)n3)ccc2[C@@H]1O. The Morgan fingerprint density at radius 3 is 2.61 bits per heavy atom. The molecule has 3 atom stereocenters. The van der Waals surface area contributed by atoms with E-state index in [0.29, 0.717) is 16.9 Å². The van der Waals surface area contributed by atoms with Crippen molar-refractivity contribution in [3.8, 4) is 40.0 Å². The molecule has 0 spiro atoms. The van der Waals surface area contributed by atoms with Crippen LogP contribution in [0.5, 0.6) is 5.75 Å². The number of ether oxygens (including phenoxy) is 1. The highest BCUT2D eigenvalue weighted by Gasteiger charge is 2.43. The average Bonchev–Trinajstić information content (AvgIpc) is 3.53. The minimum atomic E-state index is -4.81. The number of fused-ring (bicyclic) bond motifs is 1. The van der Waals surface area contributed by atoms with Crippen LogP contribution in [0.3, 0.4) is 0 Å². The number of nitrogens with one attached hydrogen (secondary N) is 1. The normalized spacial score (nSPS) is 18.0. The molecule has 1 aliphatic heterocycles. The molecular weight excluding hydrogens is 509 g/mol. The van der Waals surface area contributed by atoms with Gasteiger partial charge in [0.05, 0.1) is 12.5 Å². The standard InChI is InChI=1S/C25H21F3N4O6/c1-12(9-18(33)34)29-16-11-36-17-10-14(7-8-15(17)21(16)35)23-30-24(38-32-23)22-19(25(26,27)28)20(31-37-22)13-5-3-2-4-6-13/h2-8,10,12,16,21,29,35H,9,11H2,1H3,(H,33,34)/t12?,16-,21+/m1/s1. The van der Waals surface area contributed by atoms with Crippen molar-refractivity contribution in [2.75, 3.05) is 6.61 Å². The Balaban J connectivity index is 1.41. The Morgan fingerprint density at radius 2 is 1.89 bits per heavy atom. The molecule has 1 unspecified atom stereocenters. The molecule has 2 aromatic carbocycles. The summed E-state index contributed by atoms with van der Waals surface area (Å²) in [5.74, 6) is -1.87. The van der Waals surface area contributed by atoms with Gasteiger partial charge in [0.2, 0.25) is 11.6 Å². The van der Waals surface area contributed by atoms with Crippen molar-refractivity contribution in [3.63, 3.8) is 0 Å². The molecule has 0 radical (unpaired) electrons. The van der Waals surface area contributed by atoms with Gasteiger partial charge in [-0.1, -0.05) is 52.8 Å². The fourth-order valence-corrected chi connectivity index (χ4v) is 4.28. The predicted molar refractivity (Wildman–Crippen MR) is 125 cm³/mol. The smallest absolute Gasteiger partial charge is 0.422 e. The molecule has 0 saturated heterocycles. The van der Waals surface area contributed by atoms with Crippen LogP contribution in [0.25, 0.3) is 34.3 Å². The molecule has 13 heteroatoms. The second kappa shape index (κ2) is 9.91. The van der Waals surface area contributed by atoms with E-state index in [2.05, 4.69) is 20.6 Å². The molecule has 2 aromatic heterocycles. The molecule has 10 nitrogen and oxygen atoms in total. The summed E-state index contributed by atoms with van der Waals surface area (Å²) in [6.45, 7) is 1.75. The maximum Gasteiger partial charge on any atom is 0.422 e. The number of alkyl halides is 3. The first-order valence-corrected chi connectivity index (χ1v) is 11.5. The molecule has 3 heterocycles. The summed E-state index contributed by atoms with van der Waals surface area (Å²) in [5, 5.41) is 30.1. The second-order valence-electron chi connectivity index (χ2n) is 8.80. The van der Waals surface area contributed by atoms with E-state index in [9.17, 15) is 23.1 Å². The Kier molecular flexibility index (Phi) is 6.63. The van der Waals surface area contributed by atoms with Crippen LogP contribution in [0.15, 0.2) is 57.6 Å². The molecule has 4 aromatic rings. The molecular formula is C25H21F3N4O6. The van der Waals surface area contributed by atoms with E-state index >= 15 is 0 Å². The fraction of sp³-hybridized carbons (Fsp3) is 0.280. The lowest BCUT2D eigenvalue weighted by atomic mass is 9.96. The molecule has 0 amide bonds. The number of carboxylic acids is 1. The van der Waals surface area contributed by atoms with Crippen LogP contribution in [0.2, 0.25) is 0 Å². The quantitative estimate of drug-likeness (QED) is 0.316. The third-order valence-corrected chi connectivity index (χ3v) is 6.01. The maximum absolute atomic E-state index is 14.0. The minimum Gasteiger partial charge on any atom is -0.491 e. The number of aliphatic carboxylic acids is 1. The third-order valence-electron chi connectivity index (χ3n) is 6.01. The van der Waals surface area contributed by atoms with Crippen molar-refractivity contribution >= 4 is 5.97 Å². The van der Waals surface area contributed by atoms with Crippen LogP contribution in [-0.4, -0.2) is 50.2 Å². The fourth-order valence-electron chi connectivity index (χ4n) is 4.28. The Morgan fingerprint density at radius 1 is 1.13 bits per heavy atom. The highest BCUT2D eigenvalue weighted by molar-refractivity contribution is 5.71. The lowest BCUT2D eigenvalue weighted by molar-refractivity contribution is -0.138. The first-order valence-electron chi connectivity index (χ1n) is 11.5. The van der Waals surface area contributed by atoms with Gasteiger partial charge >= 0.3 is 12.1 Å². The largest absolute Gasteiger partial charge is 0.491 e. The number of rotatable bonds is 7. The predicted octanol–water partition coefficient (Wildman–Crippen LogP) is 4.32. The lowest BCUT2D eigenvalue weighted by Crippen LogP contribution is -2.47. The van der Waals surface area contributed by atoms with Gasteiger partial charge in [0.25, 0.3) is 5.89 Å². The summed E-state index contributed by atoms with van der Waals surface area (Å²) >= 11 is 0. The van der Waals surface area contributed by atoms with Gasteiger partial charge in [-0.3, -0.25) is 4.79 Å². The zero-order valence-corrected chi connectivity index (χ0v) is 19.8. The number of aliphatic hydroxyl groups excluding tert-OH is 1. The van der Waals surface area contributed by atoms with Gasteiger partial charge in [-0.25, -0.2) is 0 Å². The van der Waals surface area contributed by atoms with E-state index < -0.39 is 53.2 Å². The molecule has 0 bridgehead atoms. The summed E-state index contributed by atoms with van der Waals surface area (Å²) in [7, 11) is 0. The Hall–Kier alpha value is -4.23. The van der Waals surface area contributed by atoms with Crippen molar-refractivity contribution in [3.05, 3.63) is 59.7 Å². The molecule has 38 heavy (non-hydrogen) atoms. The summed E-state index contributed by atoms with van der Waals surface area (Å²) < 4.78 is 57.8. The van der Waals surface area contributed by atoms with Crippen molar-refractivity contribution in [1.82, 2.24) is 20.6 Å². The molecule has 1 aliphatic rings. The Bertz CT molecular complexity index is 1450. The topological polar surface area (TPSA) is 144 Å². The molecule has 0 fully saturated rings. The number of carboxylic acid groups (broad SMARTS) is 1. The van der Waals surface area contributed by atoms with Crippen LogP contribution in [0.1, 0.15) is 30.6 Å². The highest BCUT2D eigenvalue weighted by atomic mass is 19.4. The maximum atomic E-state index is 14.0. The zero-order valence-electron chi connectivity index (χ0n) is 19.8. The van der Waals surface area contributed by atoms with Crippen LogP contribution in [-0.2, 0) is 11.0 Å². The summed E-state index contributed by atoms with van der Waals surface area (Å²) in [6, 6.07) is 11.5. The van der Waals surface area contributed by atoms with Crippen molar-refractivity contribution < 1.29 is 42.0 Å². The monoisotopic (exact) mass is 530 g/mol. The van der Waals surface area contributed by atoms with Crippen LogP contribution in [0.4, 0.5) is 13.2 Å². The van der Waals surface area contributed by atoms with Crippen LogP contribution in [0, 0.1) is 0 Å². The van der Waals surface area contributed by atoms with Crippen molar-refractivity contribution in [1.29, 1.82) is 0 Å². The van der Waals surface area contributed by atoms with E-state index in [0.717, 1.165) is 0 Å². The van der Waals surface area contributed by atoms with E-state index in [-0.39, 0.29) is 24.4 Å². The van der Waals surface area contributed by atoms with Gasteiger partial charge in [0.15, 0.2) is 0 Å². The lowest BCUT2D eigenvalue weighted by Gasteiger charge is -2.32. The van der Waals surface area contributed by atoms with Gasteiger partial charge < -0.3 is 29.3 Å². The number of aliphatic hydroxyl groups is 1. The van der Waals surface area contributed by atoms with E-state index in [1.807, 2.05) is 0 Å². The highest BCUT2D eigenvalue weighted by Crippen LogP contribution is 2.43. The Labute approximate surface area is 213 Å². The van der Waals surface area contributed by atoms with Crippen molar-refractivity contribution in [2.24, 2.45) is 0 Å². The third kappa shape index (κ3) is 4.97. The van der Waals surface area contributed by atoms with E-state index in [1.165, 1.54) is 18.2 Å². The van der Waals surface area contributed by atoms with Gasteiger partial charge in [-0.2, -0.15) is 18.2 Å². The second-order valence-corrected chi connectivity index (χ2v) is 8.80. The number of halogens is 3. The van der Waals surface area contributed by atoms with Crippen LogP contribution >= 0.6 is 0 Å². The van der Waals surface area contributed by atoms with Gasteiger partial charge in [0.1, 0.15) is 29.7 Å². The first kappa shape index (κ1) is 25.4. The number of hydrogen-bond acceptors (Lipinski definition) is 9. The molecule has 198 valence electrons. The molecule has 5 rings (SSSR count). The van der Waals surface area contributed by atoms with E-state index in [4.69, 9.17) is 18.9 Å². The number of hydrogen-bond donors (Lipinski definition) is 3. The van der Waals surface area contributed by atoms with Gasteiger partial charge in [-0.05, 0) is 13.0 Å². The van der Waals surface area contributed by atoms with Crippen LogP contribution < -0.4 is 10.1 Å². The van der Waals surface area contributed by atoms with Gasteiger partial charge in [-0.15, -0.1) is 0 Å². The number of aromatic nitrogens is 3. The number of carbonyl (C=O) groups is 1. The zero-order chi connectivity index (χ0) is 27.0. The summed E-state index contributed by atoms with van der Waals surface area (Å²) in [5.41, 5.74) is -0.500. The van der Waals surface area contributed by atoms with Gasteiger partial charge in [0, 0.05) is 22.7 Å². The summed E-state index contributed by atoms with van der Waals surface area (Å²) in [4.78, 5) is 15.0. The molecule has 0 saturated carbocycles. The molecule has 3 N–H and O–H groups in total. The molecule has 0 aliphatic carbocycles. The number of nitrogens with zero attached hydrogens (tertiary/aromatic N) is 3. The summed E-state index contributed by atoms with van der Waals surface area (Å²) in [6.07, 6.45) is -5.91. The first-order chi connectivity index (χ1) is 18.1. The number of benzene rings is 2.